The minimum atomic E-state index is -0.648. The van der Waals surface area contributed by atoms with Crippen LogP contribution in [0.4, 0.5) is 11.6 Å². The predicted octanol–water partition coefficient (Wildman–Crippen LogP) is 4.29. The summed E-state index contributed by atoms with van der Waals surface area (Å²) in [4.78, 5) is 22.7. The standard InChI is InChI=1S/C27H26N6O4/c1-16-23(26(34)30-20-9-5-6-10-21(20)36-3)24(19-12-11-18(35-2)14-22(19)37-4)33-27(29-16)31-25(32-33)17-8-7-13-28-15-17/h5-15,24H,1-4H3,(H,30,34)(H,29,31,32). The van der Waals surface area contributed by atoms with E-state index in [0.717, 1.165) is 11.1 Å². The Morgan fingerprint density at radius 2 is 1.81 bits per heavy atom. The molecular weight excluding hydrogens is 472 g/mol. The number of anilines is 2. The molecule has 0 saturated carbocycles. The van der Waals surface area contributed by atoms with Crippen LogP contribution < -0.4 is 24.8 Å². The van der Waals surface area contributed by atoms with Gasteiger partial charge in [0.2, 0.25) is 5.95 Å². The van der Waals surface area contributed by atoms with Crippen LogP contribution in [-0.2, 0) is 4.79 Å². The molecule has 1 atom stereocenters. The highest BCUT2D eigenvalue weighted by Gasteiger charge is 2.36. The van der Waals surface area contributed by atoms with E-state index >= 15 is 0 Å². The van der Waals surface area contributed by atoms with E-state index in [1.54, 1.807) is 56.6 Å². The molecule has 188 valence electrons. The van der Waals surface area contributed by atoms with Crippen molar-refractivity contribution in [3.05, 3.63) is 83.8 Å². The Hall–Kier alpha value is -4.86. The van der Waals surface area contributed by atoms with Crippen LogP contribution in [0.3, 0.4) is 0 Å². The van der Waals surface area contributed by atoms with Crippen LogP contribution in [0.15, 0.2) is 78.3 Å². The molecule has 1 aliphatic heterocycles. The summed E-state index contributed by atoms with van der Waals surface area (Å²) >= 11 is 0. The normalized spacial score (nSPS) is 14.4. The lowest BCUT2D eigenvalue weighted by molar-refractivity contribution is -0.113. The number of hydrogen-bond donors (Lipinski definition) is 2. The average molecular weight is 499 g/mol. The Morgan fingerprint density at radius 3 is 2.54 bits per heavy atom. The quantitative estimate of drug-likeness (QED) is 0.388. The Morgan fingerprint density at radius 1 is 1.00 bits per heavy atom. The maximum absolute atomic E-state index is 13.8. The fraction of sp³-hybridized carbons (Fsp3) is 0.185. The Balaban J connectivity index is 1.65. The van der Waals surface area contributed by atoms with Crippen LogP contribution in [-0.4, -0.2) is 47.0 Å². The van der Waals surface area contributed by atoms with Crippen LogP contribution in [0, 0.1) is 0 Å². The molecule has 10 heteroatoms. The number of fused-ring (bicyclic) bond motifs is 1. The van der Waals surface area contributed by atoms with Crippen molar-refractivity contribution >= 4 is 17.5 Å². The average Bonchev–Trinajstić information content (AvgIpc) is 3.36. The second-order valence-electron chi connectivity index (χ2n) is 8.27. The van der Waals surface area contributed by atoms with Gasteiger partial charge in [-0.2, -0.15) is 4.98 Å². The van der Waals surface area contributed by atoms with Crippen molar-refractivity contribution in [2.24, 2.45) is 0 Å². The highest BCUT2D eigenvalue weighted by atomic mass is 16.5. The van der Waals surface area contributed by atoms with E-state index < -0.39 is 6.04 Å². The maximum atomic E-state index is 13.8. The summed E-state index contributed by atoms with van der Waals surface area (Å²) in [6.07, 6.45) is 3.38. The van der Waals surface area contributed by atoms with Gasteiger partial charge in [0, 0.05) is 35.3 Å². The Labute approximate surface area is 213 Å². The Bertz CT molecular complexity index is 1480. The monoisotopic (exact) mass is 498 g/mol. The van der Waals surface area contributed by atoms with Gasteiger partial charge in [-0.05, 0) is 43.3 Å². The zero-order valence-electron chi connectivity index (χ0n) is 20.9. The number of allylic oxidation sites excluding steroid dienone is 1. The third kappa shape index (κ3) is 4.44. The molecule has 0 spiro atoms. The lowest BCUT2D eigenvalue weighted by Crippen LogP contribution is -2.31. The van der Waals surface area contributed by atoms with Crippen molar-refractivity contribution in [1.82, 2.24) is 19.7 Å². The molecule has 5 rings (SSSR count). The summed E-state index contributed by atoms with van der Waals surface area (Å²) in [5, 5.41) is 11.0. The largest absolute Gasteiger partial charge is 0.497 e. The topological polar surface area (TPSA) is 112 Å². The molecule has 10 nitrogen and oxygen atoms in total. The van der Waals surface area contributed by atoms with Gasteiger partial charge in [-0.15, -0.1) is 5.10 Å². The summed E-state index contributed by atoms with van der Waals surface area (Å²) in [6.45, 7) is 1.84. The minimum absolute atomic E-state index is 0.318. The summed E-state index contributed by atoms with van der Waals surface area (Å²) in [6, 6.07) is 15.8. The van der Waals surface area contributed by atoms with Gasteiger partial charge in [0.25, 0.3) is 5.91 Å². The van der Waals surface area contributed by atoms with Crippen LogP contribution >= 0.6 is 0 Å². The highest BCUT2D eigenvalue weighted by molar-refractivity contribution is 6.06. The fourth-order valence-electron chi connectivity index (χ4n) is 4.33. The number of benzene rings is 2. The van der Waals surface area contributed by atoms with Gasteiger partial charge >= 0.3 is 0 Å². The van der Waals surface area contributed by atoms with E-state index in [-0.39, 0.29) is 5.91 Å². The molecule has 2 aromatic heterocycles. The molecule has 2 N–H and O–H groups in total. The summed E-state index contributed by atoms with van der Waals surface area (Å²) in [5.74, 6) is 2.38. The van der Waals surface area contributed by atoms with Gasteiger partial charge in [-0.3, -0.25) is 9.78 Å². The molecule has 0 bridgehead atoms. The van der Waals surface area contributed by atoms with Gasteiger partial charge < -0.3 is 24.8 Å². The van der Waals surface area contributed by atoms with E-state index in [1.807, 2.05) is 43.3 Å². The number of para-hydroxylation sites is 2. The molecule has 3 heterocycles. The fourth-order valence-corrected chi connectivity index (χ4v) is 4.33. The van der Waals surface area contributed by atoms with Gasteiger partial charge in [0.15, 0.2) is 5.82 Å². The first-order valence-electron chi connectivity index (χ1n) is 11.5. The smallest absolute Gasteiger partial charge is 0.255 e. The highest BCUT2D eigenvalue weighted by Crippen LogP contribution is 2.41. The molecule has 0 saturated heterocycles. The van der Waals surface area contributed by atoms with Gasteiger partial charge in [0.1, 0.15) is 23.3 Å². The van der Waals surface area contributed by atoms with E-state index in [4.69, 9.17) is 24.3 Å². The van der Waals surface area contributed by atoms with E-state index in [2.05, 4.69) is 15.6 Å². The first-order chi connectivity index (χ1) is 18.0. The molecule has 0 fully saturated rings. The van der Waals surface area contributed by atoms with E-state index in [0.29, 0.717) is 46.0 Å². The molecular formula is C27H26N6O4. The van der Waals surface area contributed by atoms with Crippen molar-refractivity contribution < 1.29 is 19.0 Å². The number of nitrogens with one attached hydrogen (secondary N) is 2. The van der Waals surface area contributed by atoms with Crippen LogP contribution in [0.2, 0.25) is 0 Å². The van der Waals surface area contributed by atoms with Gasteiger partial charge in [-0.25, -0.2) is 4.68 Å². The van der Waals surface area contributed by atoms with Crippen molar-refractivity contribution in [2.45, 2.75) is 13.0 Å². The van der Waals surface area contributed by atoms with Crippen LogP contribution in [0.1, 0.15) is 18.5 Å². The van der Waals surface area contributed by atoms with Crippen molar-refractivity contribution in [2.75, 3.05) is 32.0 Å². The number of amides is 1. The van der Waals surface area contributed by atoms with Crippen molar-refractivity contribution in [1.29, 1.82) is 0 Å². The van der Waals surface area contributed by atoms with Crippen molar-refractivity contribution in [3.8, 4) is 28.6 Å². The molecule has 1 aliphatic rings. The molecule has 0 aliphatic carbocycles. The third-order valence-electron chi connectivity index (χ3n) is 6.11. The number of hydrogen-bond acceptors (Lipinski definition) is 8. The van der Waals surface area contributed by atoms with E-state index in [1.165, 1.54) is 0 Å². The number of nitrogens with zero attached hydrogens (tertiary/aromatic N) is 4. The number of pyridine rings is 1. The third-order valence-corrected chi connectivity index (χ3v) is 6.11. The zero-order chi connectivity index (χ0) is 25.9. The lowest BCUT2D eigenvalue weighted by atomic mass is 9.94. The lowest BCUT2D eigenvalue weighted by Gasteiger charge is -2.29. The second kappa shape index (κ2) is 10.0. The Kier molecular flexibility index (Phi) is 6.46. The first kappa shape index (κ1) is 23.9. The number of methoxy groups -OCH3 is 3. The number of rotatable bonds is 7. The van der Waals surface area contributed by atoms with Crippen LogP contribution in [0.25, 0.3) is 11.4 Å². The molecule has 4 aromatic rings. The number of ether oxygens (including phenoxy) is 3. The second-order valence-corrected chi connectivity index (χ2v) is 8.27. The van der Waals surface area contributed by atoms with E-state index in [9.17, 15) is 4.79 Å². The van der Waals surface area contributed by atoms with Gasteiger partial charge in [0.05, 0.1) is 32.6 Å². The number of carbonyl (C=O) groups excluding carboxylic acids is 1. The summed E-state index contributed by atoms with van der Waals surface area (Å²) in [5.41, 5.74) is 3.11. The summed E-state index contributed by atoms with van der Waals surface area (Å²) < 4.78 is 18.2. The maximum Gasteiger partial charge on any atom is 0.255 e. The molecule has 1 amide bonds. The zero-order valence-corrected chi connectivity index (χ0v) is 20.9. The van der Waals surface area contributed by atoms with Crippen LogP contribution in [0.5, 0.6) is 17.2 Å². The first-order valence-corrected chi connectivity index (χ1v) is 11.5. The van der Waals surface area contributed by atoms with Crippen molar-refractivity contribution in [3.63, 3.8) is 0 Å². The number of aromatic nitrogens is 4. The molecule has 37 heavy (non-hydrogen) atoms. The van der Waals surface area contributed by atoms with Gasteiger partial charge in [-0.1, -0.05) is 12.1 Å². The molecule has 0 radical (unpaired) electrons. The minimum Gasteiger partial charge on any atom is -0.497 e. The predicted molar refractivity (Wildman–Crippen MR) is 139 cm³/mol. The summed E-state index contributed by atoms with van der Waals surface area (Å²) in [7, 11) is 4.73. The SMILES string of the molecule is COc1ccc(C2C(C(=O)Nc3ccccc3OC)=C(C)Nc3nc(-c4cccnc4)nn32)c(OC)c1. The molecule has 2 aromatic carbocycles. The molecule has 1 unspecified atom stereocenters. The number of carbonyl (C=O) groups is 1.